The minimum atomic E-state index is -0.729. The van der Waals surface area contributed by atoms with Gasteiger partial charge in [-0.25, -0.2) is 4.79 Å². The number of hydrogen-bond acceptors (Lipinski definition) is 7. The molecular formula is C27H36IN5O6. The zero-order chi connectivity index (χ0) is 28.0. The molecule has 2 aromatic rings. The summed E-state index contributed by atoms with van der Waals surface area (Å²) in [6.45, 7) is 2.26. The lowest BCUT2D eigenvalue weighted by Crippen LogP contribution is -2.33. The molecule has 0 radical (unpaired) electrons. The first-order valence-electron chi connectivity index (χ1n) is 13.4. The van der Waals surface area contributed by atoms with E-state index >= 15 is 0 Å². The summed E-state index contributed by atoms with van der Waals surface area (Å²) < 4.78 is 19.4. The Labute approximate surface area is 241 Å². The molecule has 1 aliphatic heterocycles. The molecule has 3 atom stereocenters. The summed E-state index contributed by atoms with van der Waals surface area (Å²) in [7, 11) is 0. The van der Waals surface area contributed by atoms with Gasteiger partial charge in [0.25, 0.3) is 5.56 Å². The van der Waals surface area contributed by atoms with Crippen LogP contribution in [-0.4, -0.2) is 40.9 Å². The van der Waals surface area contributed by atoms with Crippen LogP contribution < -0.4 is 16.0 Å². The second-order valence-corrected chi connectivity index (χ2v) is 10.9. The lowest BCUT2D eigenvalue weighted by atomic mass is 10.1. The highest BCUT2D eigenvalue weighted by atomic mass is 127. The lowest BCUT2D eigenvalue weighted by molar-refractivity contribution is -0.148. The Morgan fingerprint density at radius 1 is 1.13 bits per heavy atom. The molecule has 0 spiro atoms. The number of rotatable bonds is 16. The summed E-state index contributed by atoms with van der Waals surface area (Å²) in [4.78, 5) is 41.1. The third-order valence-corrected chi connectivity index (χ3v) is 7.35. The highest BCUT2D eigenvalue weighted by Gasteiger charge is 2.37. The van der Waals surface area contributed by atoms with Crippen LogP contribution in [0, 0.1) is 10.5 Å². The summed E-state index contributed by atoms with van der Waals surface area (Å²) in [5, 5.41) is 3.74. The highest BCUT2D eigenvalue weighted by molar-refractivity contribution is 14.1. The number of esters is 1. The van der Waals surface area contributed by atoms with Crippen LogP contribution in [0.4, 0.5) is 0 Å². The van der Waals surface area contributed by atoms with Crippen molar-refractivity contribution >= 4 is 28.6 Å². The molecule has 0 unspecified atom stereocenters. The molecule has 39 heavy (non-hydrogen) atoms. The zero-order valence-corrected chi connectivity index (χ0v) is 24.4. The fourth-order valence-electron chi connectivity index (χ4n) is 4.42. The van der Waals surface area contributed by atoms with Gasteiger partial charge >= 0.3 is 11.7 Å². The van der Waals surface area contributed by atoms with E-state index in [-0.39, 0.29) is 19.0 Å². The highest BCUT2D eigenvalue weighted by Crippen LogP contribution is 2.30. The van der Waals surface area contributed by atoms with Gasteiger partial charge in [0.05, 0.1) is 12.6 Å². The van der Waals surface area contributed by atoms with E-state index in [9.17, 15) is 14.4 Å². The van der Waals surface area contributed by atoms with Gasteiger partial charge < -0.3 is 14.2 Å². The van der Waals surface area contributed by atoms with Crippen LogP contribution >= 0.6 is 22.6 Å². The van der Waals surface area contributed by atoms with Gasteiger partial charge in [-0.15, -0.1) is 0 Å². The van der Waals surface area contributed by atoms with Crippen molar-refractivity contribution in [3.05, 3.63) is 70.9 Å². The maximum atomic E-state index is 12.2. The number of halogens is 1. The van der Waals surface area contributed by atoms with Crippen molar-refractivity contribution in [1.82, 2.24) is 9.55 Å². The molecule has 212 valence electrons. The fourth-order valence-corrected chi connectivity index (χ4v) is 4.78. The van der Waals surface area contributed by atoms with Crippen molar-refractivity contribution in [3.63, 3.8) is 0 Å². The first-order valence-corrected chi connectivity index (χ1v) is 14.5. The van der Waals surface area contributed by atoms with Crippen LogP contribution in [0.2, 0.25) is 0 Å². The fraction of sp³-hybridized carbons (Fsp3) is 0.593. The van der Waals surface area contributed by atoms with Crippen molar-refractivity contribution < 1.29 is 19.0 Å². The van der Waals surface area contributed by atoms with Gasteiger partial charge in [-0.3, -0.25) is 19.1 Å². The first-order chi connectivity index (χ1) is 18.9. The molecule has 0 aliphatic carbocycles. The second-order valence-electron chi connectivity index (χ2n) is 9.68. The molecule has 0 bridgehead atoms. The number of carbonyl (C=O) groups excluding carboxylic acids is 1. The molecule has 1 fully saturated rings. The average molecular weight is 654 g/mol. The van der Waals surface area contributed by atoms with Gasteiger partial charge in [-0.2, -0.15) is 0 Å². The quantitative estimate of drug-likeness (QED) is 0.0628. The Morgan fingerprint density at radius 3 is 2.49 bits per heavy atom. The third kappa shape index (κ3) is 10.3. The number of aryl methyl sites for hydroxylation is 1. The van der Waals surface area contributed by atoms with Crippen molar-refractivity contribution in [3.8, 4) is 5.75 Å². The number of nitrogens with zero attached hydrogens (tertiary/aromatic N) is 4. The van der Waals surface area contributed by atoms with Gasteiger partial charge in [0.15, 0.2) is 0 Å². The largest absolute Gasteiger partial charge is 0.494 e. The van der Waals surface area contributed by atoms with E-state index in [1.54, 1.807) is 6.92 Å². The first kappa shape index (κ1) is 30.7. The zero-order valence-electron chi connectivity index (χ0n) is 22.2. The molecule has 1 aromatic heterocycles. The standard InChI is InChI=1S/C27H36IN5O6/c1-19-17-33(27(36)30-26(19)35)24-16-22(31-32-29)23(39-24)18-38-25(34)10-8-6-4-2-3-5-7-9-15-37-21-13-11-20(28)12-14-21/h11-14,17,22-24H,2-10,15-16,18H2,1H3,(H,30,35,36)/t22-,23+,24+/m0/s1. The van der Waals surface area contributed by atoms with E-state index in [2.05, 4.69) is 37.6 Å². The van der Waals surface area contributed by atoms with Crippen LogP contribution in [0.3, 0.4) is 0 Å². The molecule has 1 aromatic carbocycles. The molecule has 1 N–H and O–H groups in total. The number of unbranched alkanes of at least 4 members (excludes halogenated alkanes) is 7. The number of aromatic nitrogens is 2. The van der Waals surface area contributed by atoms with Gasteiger partial charge in [0.2, 0.25) is 0 Å². The number of aromatic amines is 1. The molecule has 0 saturated carbocycles. The second kappa shape index (κ2) is 16.3. The number of nitrogens with one attached hydrogen (secondary N) is 1. The Kier molecular flexibility index (Phi) is 12.8. The van der Waals surface area contributed by atoms with Crippen molar-refractivity contribution in [2.75, 3.05) is 13.2 Å². The summed E-state index contributed by atoms with van der Waals surface area (Å²) in [6.07, 6.45) is 9.04. The molecular weight excluding hydrogens is 617 g/mol. The lowest BCUT2D eigenvalue weighted by Gasteiger charge is -2.17. The Hall–Kier alpha value is -2.83. The van der Waals surface area contributed by atoms with Crippen LogP contribution in [0.15, 0.2) is 45.2 Å². The van der Waals surface area contributed by atoms with Gasteiger partial charge in [-0.05, 0) is 72.2 Å². The van der Waals surface area contributed by atoms with E-state index in [4.69, 9.17) is 19.7 Å². The average Bonchev–Trinajstić information content (AvgIpc) is 3.31. The Bertz CT molecular complexity index is 1220. The Morgan fingerprint density at radius 2 is 1.79 bits per heavy atom. The predicted octanol–water partition coefficient (Wildman–Crippen LogP) is 5.55. The minimum absolute atomic E-state index is 0.0661. The van der Waals surface area contributed by atoms with E-state index < -0.39 is 29.6 Å². The normalized spacial score (nSPS) is 18.5. The molecule has 11 nitrogen and oxygen atoms in total. The smallest absolute Gasteiger partial charge is 0.330 e. The topological polar surface area (TPSA) is 148 Å². The number of H-pyrrole nitrogens is 1. The van der Waals surface area contributed by atoms with Gasteiger partial charge in [0.1, 0.15) is 24.7 Å². The van der Waals surface area contributed by atoms with E-state index in [1.807, 2.05) is 24.3 Å². The van der Waals surface area contributed by atoms with E-state index in [1.165, 1.54) is 27.2 Å². The number of benzene rings is 1. The number of hydrogen-bond donors (Lipinski definition) is 1. The maximum Gasteiger partial charge on any atom is 0.330 e. The van der Waals surface area contributed by atoms with Crippen molar-refractivity contribution in [1.29, 1.82) is 0 Å². The monoisotopic (exact) mass is 653 g/mol. The number of azide groups is 1. The minimum Gasteiger partial charge on any atom is -0.494 e. The predicted molar refractivity (Wildman–Crippen MR) is 155 cm³/mol. The van der Waals surface area contributed by atoms with Crippen LogP contribution in [0.5, 0.6) is 5.75 Å². The van der Waals surface area contributed by atoms with E-state index in [0.717, 1.165) is 50.9 Å². The van der Waals surface area contributed by atoms with Crippen LogP contribution in [-0.2, 0) is 14.3 Å². The molecule has 0 amide bonds. The van der Waals surface area contributed by atoms with Crippen LogP contribution in [0.25, 0.3) is 10.4 Å². The van der Waals surface area contributed by atoms with Crippen molar-refractivity contribution in [2.24, 2.45) is 5.11 Å². The van der Waals surface area contributed by atoms with Gasteiger partial charge in [0, 0.05) is 33.1 Å². The summed E-state index contributed by atoms with van der Waals surface area (Å²) in [5.41, 5.74) is 8.18. The van der Waals surface area contributed by atoms with Gasteiger partial charge in [-0.1, -0.05) is 43.6 Å². The summed E-state index contributed by atoms with van der Waals surface area (Å²) >= 11 is 2.28. The molecule has 12 heteroatoms. The summed E-state index contributed by atoms with van der Waals surface area (Å²) in [5.74, 6) is 0.592. The number of carbonyl (C=O) groups is 1. The molecule has 2 heterocycles. The third-order valence-electron chi connectivity index (χ3n) is 6.63. The van der Waals surface area contributed by atoms with E-state index in [0.29, 0.717) is 12.0 Å². The summed E-state index contributed by atoms with van der Waals surface area (Å²) in [6, 6.07) is 7.48. The number of ether oxygens (including phenoxy) is 3. The Balaban J connectivity index is 1.24. The SMILES string of the molecule is Cc1cn([C@H]2C[C@H](N=[N+]=[N-])[C@@H](COC(=O)CCCCCCCCCCOc3ccc(I)cc3)O2)c(=O)[nH]c1=O. The van der Waals surface area contributed by atoms with Crippen LogP contribution in [0.1, 0.15) is 76.0 Å². The van der Waals surface area contributed by atoms with Crippen molar-refractivity contribution in [2.45, 2.75) is 89.5 Å². The maximum absolute atomic E-state index is 12.2. The molecule has 1 saturated heterocycles. The molecule has 3 rings (SSSR count). The molecule has 1 aliphatic rings.